The first-order valence-corrected chi connectivity index (χ1v) is 5.97. The predicted octanol–water partition coefficient (Wildman–Crippen LogP) is 1.90. The van der Waals surface area contributed by atoms with E-state index in [1.54, 1.807) is 0 Å². The topological polar surface area (TPSA) is 55.6 Å². The highest BCUT2D eigenvalue weighted by atomic mass is 16.5. The summed E-state index contributed by atoms with van der Waals surface area (Å²) >= 11 is 0. The van der Waals surface area contributed by atoms with Crippen LogP contribution in [0.15, 0.2) is 24.3 Å². The summed E-state index contributed by atoms with van der Waals surface area (Å²) in [6.07, 6.45) is 0. The van der Waals surface area contributed by atoms with Gasteiger partial charge in [-0.15, -0.1) is 0 Å². The molecule has 1 aromatic rings. The summed E-state index contributed by atoms with van der Waals surface area (Å²) in [5, 5.41) is 0. The van der Waals surface area contributed by atoms with Gasteiger partial charge >= 0.3 is 5.97 Å². The molecule has 18 heavy (non-hydrogen) atoms. The van der Waals surface area contributed by atoms with Crippen LogP contribution < -0.4 is 5.73 Å². The fourth-order valence-electron chi connectivity index (χ4n) is 2.04. The molecule has 0 saturated heterocycles. The van der Waals surface area contributed by atoms with Gasteiger partial charge in [-0.3, -0.25) is 4.79 Å². The molecule has 2 N–H and O–H groups in total. The summed E-state index contributed by atoms with van der Waals surface area (Å²) in [7, 11) is 3.39. The molecule has 0 fully saturated rings. The van der Waals surface area contributed by atoms with Gasteiger partial charge in [0.15, 0.2) is 0 Å². The first-order valence-electron chi connectivity index (χ1n) is 5.97. The summed E-state index contributed by atoms with van der Waals surface area (Å²) in [5.74, 6) is -0.199. The second-order valence-electron chi connectivity index (χ2n) is 5.25. The van der Waals surface area contributed by atoms with E-state index in [1.807, 2.05) is 45.2 Å². The molecule has 4 heteroatoms. The maximum Gasteiger partial charge on any atom is 0.312 e. The fourth-order valence-corrected chi connectivity index (χ4v) is 2.04. The van der Waals surface area contributed by atoms with Crippen molar-refractivity contribution in [1.82, 2.24) is 4.90 Å². The minimum absolute atomic E-state index is 0.199. The van der Waals surface area contributed by atoms with Gasteiger partial charge in [-0.2, -0.15) is 0 Å². The number of benzene rings is 1. The standard InChI is InChI=1S/C14H22N2O2/c1-14(2,13(17)18-4)10-16(3)9-11-7-5-6-8-12(11)15/h5-8H,9-10,15H2,1-4H3. The summed E-state index contributed by atoms with van der Waals surface area (Å²) in [4.78, 5) is 13.7. The number of hydrogen-bond donors (Lipinski definition) is 1. The molecule has 4 nitrogen and oxygen atoms in total. The van der Waals surface area contributed by atoms with Gasteiger partial charge in [0.1, 0.15) is 0 Å². The van der Waals surface area contributed by atoms with E-state index in [2.05, 4.69) is 4.90 Å². The van der Waals surface area contributed by atoms with Crippen molar-refractivity contribution in [3.63, 3.8) is 0 Å². The number of nitrogen functional groups attached to an aromatic ring is 1. The number of anilines is 1. The number of carbonyl (C=O) groups is 1. The number of ether oxygens (including phenoxy) is 1. The molecular formula is C14H22N2O2. The number of nitrogens with two attached hydrogens (primary N) is 1. The van der Waals surface area contributed by atoms with Gasteiger partial charge in [0.2, 0.25) is 0 Å². The smallest absolute Gasteiger partial charge is 0.312 e. The van der Waals surface area contributed by atoms with Gasteiger partial charge in [-0.1, -0.05) is 18.2 Å². The van der Waals surface area contributed by atoms with E-state index in [4.69, 9.17) is 10.5 Å². The zero-order valence-corrected chi connectivity index (χ0v) is 11.6. The van der Waals surface area contributed by atoms with Crippen molar-refractivity contribution in [2.45, 2.75) is 20.4 Å². The van der Waals surface area contributed by atoms with Crippen molar-refractivity contribution in [2.24, 2.45) is 5.41 Å². The number of rotatable bonds is 5. The maximum atomic E-state index is 11.6. The third-order valence-electron chi connectivity index (χ3n) is 2.90. The zero-order valence-electron chi connectivity index (χ0n) is 11.6. The Morgan fingerprint density at radius 2 is 2.00 bits per heavy atom. The van der Waals surface area contributed by atoms with E-state index in [1.165, 1.54) is 7.11 Å². The number of methoxy groups -OCH3 is 1. The Labute approximate surface area is 109 Å². The van der Waals surface area contributed by atoms with E-state index in [9.17, 15) is 4.79 Å². The van der Waals surface area contributed by atoms with Crippen LogP contribution in [0.3, 0.4) is 0 Å². The molecule has 0 aliphatic carbocycles. The van der Waals surface area contributed by atoms with Crippen molar-refractivity contribution < 1.29 is 9.53 Å². The molecule has 0 bridgehead atoms. The van der Waals surface area contributed by atoms with Crippen LogP contribution in [0.1, 0.15) is 19.4 Å². The van der Waals surface area contributed by atoms with Crippen LogP contribution in [0, 0.1) is 5.41 Å². The van der Waals surface area contributed by atoms with E-state index in [0.717, 1.165) is 11.3 Å². The van der Waals surface area contributed by atoms with Crippen molar-refractivity contribution >= 4 is 11.7 Å². The van der Waals surface area contributed by atoms with Gasteiger partial charge < -0.3 is 15.4 Å². The Hall–Kier alpha value is -1.55. The van der Waals surface area contributed by atoms with Crippen molar-refractivity contribution in [3.05, 3.63) is 29.8 Å². The predicted molar refractivity (Wildman–Crippen MR) is 73.0 cm³/mol. The van der Waals surface area contributed by atoms with Crippen LogP contribution in [0.5, 0.6) is 0 Å². The SMILES string of the molecule is COC(=O)C(C)(C)CN(C)Cc1ccccc1N. The van der Waals surface area contributed by atoms with Crippen molar-refractivity contribution in [1.29, 1.82) is 0 Å². The van der Waals surface area contributed by atoms with Crippen LogP contribution in [0.2, 0.25) is 0 Å². The molecule has 0 radical (unpaired) electrons. The molecule has 0 saturated carbocycles. The second-order valence-corrected chi connectivity index (χ2v) is 5.25. The van der Waals surface area contributed by atoms with Crippen LogP contribution in [0.25, 0.3) is 0 Å². The lowest BCUT2D eigenvalue weighted by molar-refractivity contribution is -0.151. The Morgan fingerprint density at radius 3 is 2.56 bits per heavy atom. The second kappa shape index (κ2) is 5.87. The third-order valence-corrected chi connectivity index (χ3v) is 2.90. The average Bonchev–Trinajstić information content (AvgIpc) is 2.30. The highest BCUT2D eigenvalue weighted by Crippen LogP contribution is 2.20. The van der Waals surface area contributed by atoms with E-state index in [-0.39, 0.29) is 5.97 Å². The van der Waals surface area contributed by atoms with Crippen LogP contribution in [0.4, 0.5) is 5.69 Å². The third kappa shape index (κ3) is 3.74. The molecule has 0 atom stereocenters. The molecule has 100 valence electrons. The molecule has 0 aliphatic heterocycles. The Balaban J connectivity index is 2.65. The molecule has 0 unspecified atom stereocenters. The van der Waals surface area contributed by atoms with Crippen molar-refractivity contribution in [2.75, 3.05) is 26.4 Å². The van der Waals surface area contributed by atoms with Gasteiger partial charge in [0.05, 0.1) is 12.5 Å². The molecule has 0 amide bonds. The Bertz CT molecular complexity index is 416. The Kier molecular flexibility index (Phi) is 4.73. The summed E-state index contributed by atoms with van der Waals surface area (Å²) in [6, 6.07) is 7.76. The summed E-state index contributed by atoms with van der Waals surface area (Å²) < 4.78 is 4.80. The minimum atomic E-state index is -0.521. The summed E-state index contributed by atoms with van der Waals surface area (Å²) in [6.45, 7) is 5.09. The van der Waals surface area contributed by atoms with Gasteiger partial charge in [-0.05, 0) is 32.5 Å². The number of esters is 1. The molecule has 0 spiro atoms. The van der Waals surface area contributed by atoms with Crippen molar-refractivity contribution in [3.8, 4) is 0 Å². The van der Waals surface area contributed by atoms with E-state index < -0.39 is 5.41 Å². The monoisotopic (exact) mass is 250 g/mol. The molecule has 0 aromatic heterocycles. The first kappa shape index (κ1) is 14.5. The highest BCUT2D eigenvalue weighted by Gasteiger charge is 2.30. The van der Waals surface area contributed by atoms with Crippen LogP contribution in [-0.4, -0.2) is 31.6 Å². The number of carbonyl (C=O) groups excluding carboxylic acids is 1. The molecule has 1 rings (SSSR count). The molecule has 1 aromatic carbocycles. The average molecular weight is 250 g/mol. The fraction of sp³-hybridized carbons (Fsp3) is 0.500. The molecular weight excluding hydrogens is 228 g/mol. The quantitative estimate of drug-likeness (QED) is 0.640. The van der Waals surface area contributed by atoms with Crippen LogP contribution >= 0.6 is 0 Å². The van der Waals surface area contributed by atoms with E-state index >= 15 is 0 Å². The lowest BCUT2D eigenvalue weighted by Crippen LogP contribution is -2.37. The van der Waals surface area contributed by atoms with Crippen LogP contribution in [-0.2, 0) is 16.1 Å². The maximum absolute atomic E-state index is 11.6. The highest BCUT2D eigenvalue weighted by molar-refractivity contribution is 5.76. The Morgan fingerprint density at radius 1 is 1.39 bits per heavy atom. The van der Waals surface area contributed by atoms with Gasteiger partial charge in [0, 0.05) is 18.8 Å². The van der Waals surface area contributed by atoms with Gasteiger partial charge in [-0.25, -0.2) is 0 Å². The minimum Gasteiger partial charge on any atom is -0.469 e. The summed E-state index contributed by atoms with van der Waals surface area (Å²) in [5.41, 5.74) is 7.23. The molecule has 0 heterocycles. The lowest BCUT2D eigenvalue weighted by Gasteiger charge is -2.28. The molecule has 0 aliphatic rings. The number of nitrogens with zero attached hydrogens (tertiary/aromatic N) is 1. The normalized spacial score (nSPS) is 11.6. The number of para-hydroxylation sites is 1. The largest absolute Gasteiger partial charge is 0.469 e. The lowest BCUT2D eigenvalue weighted by atomic mass is 9.93. The zero-order chi connectivity index (χ0) is 13.8. The van der Waals surface area contributed by atoms with E-state index in [0.29, 0.717) is 13.1 Å². The first-order chi connectivity index (χ1) is 8.36. The number of hydrogen-bond acceptors (Lipinski definition) is 4. The van der Waals surface area contributed by atoms with Gasteiger partial charge in [0.25, 0.3) is 0 Å².